The first-order valence-corrected chi connectivity index (χ1v) is 6.48. The molecule has 0 rings (SSSR count). The Morgan fingerprint density at radius 2 is 1.82 bits per heavy atom. The van der Waals surface area contributed by atoms with E-state index in [2.05, 4.69) is 6.92 Å². The Labute approximate surface area is 105 Å². The summed E-state index contributed by atoms with van der Waals surface area (Å²) >= 11 is 0. The Morgan fingerprint density at radius 3 is 2.12 bits per heavy atom. The molecular weight excluding hydrogens is 220 g/mol. The van der Waals surface area contributed by atoms with Crippen molar-refractivity contribution >= 4 is 5.97 Å². The van der Waals surface area contributed by atoms with Crippen LogP contribution >= 0.6 is 0 Å². The van der Waals surface area contributed by atoms with Crippen LogP contribution in [0.2, 0.25) is 0 Å². The zero-order chi connectivity index (χ0) is 13.7. The highest BCUT2D eigenvalue weighted by Crippen LogP contribution is 2.13. The van der Waals surface area contributed by atoms with E-state index >= 15 is 0 Å². The van der Waals surface area contributed by atoms with Crippen LogP contribution in [-0.2, 0) is 9.53 Å². The number of esters is 1. The van der Waals surface area contributed by atoms with Crippen LogP contribution in [0.5, 0.6) is 0 Å². The second-order valence-electron chi connectivity index (χ2n) is 4.03. The fraction of sp³-hybridized carbons (Fsp3) is 0.923. The van der Waals surface area contributed by atoms with Crippen molar-refractivity contribution in [2.45, 2.75) is 59.5 Å². The molecule has 2 unspecified atom stereocenters. The van der Waals surface area contributed by atoms with Crippen molar-refractivity contribution in [2.75, 3.05) is 13.2 Å². The number of aliphatic hydroxyl groups excluding tert-OH is 2. The van der Waals surface area contributed by atoms with Crippen molar-refractivity contribution in [3.05, 3.63) is 0 Å². The summed E-state index contributed by atoms with van der Waals surface area (Å²) in [6.07, 6.45) is 3.59. The number of ether oxygens (including phenoxy) is 1. The van der Waals surface area contributed by atoms with Gasteiger partial charge in [-0.1, -0.05) is 26.7 Å². The largest absolute Gasteiger partial charge is 0.466 e. The molecule has 0 aliphatic carbocycles. The Kier molecular flexibility index (Phi) is 14.8. The molecule has 0 aromatic carbocycles. The number of hydrogen-bond donors (Lipinski definition) is 2. The van der Waals surface area contributed by atoms with Crippen molar-refractivity contribution in [2.24, 2.45) is 5.92 Å². The summed E-state index contributed by atoms with van der Waals surface area (Å²) < 4.78 is 4.95. The van der Waals surface area contributed by atoms with Crippen LogP contribution in [0.3, 0.4) is 0 Å². The topological polar surface area (TPSA) is 66.8 Å². The van der Waals surface area contributed by atoms with Crippen LogP contribution < -0.4 is 0 Å². The van der Waals surface area contributed by atoms with Gasteiger partial charge in [0.15, 0.2) is 0 Å². The molecule has 0 radical (unpaired) electrons. The number of carbonyl (C=O) groups is 1. The molecular formula is C13H28O4. The summed E-state index contributed by atoms with van der Waals surface area (Å²) in [5.74, 6) is 0.110. The first kappa shape index (κ1) is 18.7. The summed E-state index contributed by atoms with van der Waals surface area (Å²) in [6.45, 7) is 7.92. The number of unbranched alkanes of at least 4 members (excludes halogenated alkanes) is 1. The first-order chi connectivity index (χ1) is 8.03. The molecule has 0 saturated carbocycles. The van der Waals surface area contributed by atoms with Crippen LogP contribution in [0.25, 0.3) is 0 Å². The van der Waals surface area contributed by atoms with Gasteiger partial charge in [0, 0.05) is 0 Å². The monoisotopic (exact) mass is 248 g/mol. The van der Waals surface area contributed by atoms with Crippen LogP contribution in [0.15, 0.2) is 0 Å². The van der Waals surface area contributed by atoms with E-state index in [-0.39, 0.29) is 18.5 Å². The maximum atomic E-state index is 11.3. The second-order valence-corrected chi connectivity index (χ2v) is 4.03. The second kappa shape index (κ2) is 13.5. The third-order valence-electron chi connectivity index (χ3n) is 2.28. The first-order valence-electron chi connectivity index (χ1n) is 6.48. The van der Waals surface area contributed by atoms with E-state index in [1.807, 2.05) is 13.8 Å². The average Bonchev–Trinajstić information content (AvgIpc) is 2.31. The minimum Gasteiger partial charge on any atom is -0.466 e. The third kappa shape index (κ3) is 13.3. The summed E-state index contributed by atoms with van der Waals surface area (Å²) in [5.41, 5.74) is 0. The highest BCUT2D eigenvalue weighted by molar-refractivity contribution is 5.72. The zero-order valence-electron chi connectivity index (χ0n) is 11.6. The zero-order valence-corrected chi connectivity index (χ0v) is 11.6. The molecule has 4 nitrogen and oxygen atoms in total. The molecule has 0 bridgehead atoms. The van der Waals surface area contributed by atoms with Crippen LogP contribution in [0.1, 0.15) is 53.4 Å². The number of rotatable bonds is 7. The van der Waals surface area contributed by atoms with Crippen LogP contribution in [0.4, 0.5) is 0 Å². The van der Waals surface area contributed by atoms with Crippen molar-refractivity contribution in [3.8, 4) is 0 Å². The lowest BCUT2D eigenvalue weighted by atomic mass is 10.00. The van der Waals surface area contributed by atoms with Gasteiger partial charge in [-0.25, -0.2) is 0 Å². The predicted molar refractivity (Wildman–Crippen MR) is 68.7 cm³/mol. The fourth-order valence-electron chi connectivity index (χ4n) is 1.20. The predicted octanol–water partition coefficient (Wildman–Crippen LogP) is 2.13. The molecule has 0 heterocycles. The van der Waals surface area contributed by atoms with Gasteiger partial charge in [0.05, 0.1) is 25.2 Å². The highest BCUT2D eigenvalue weighted by atomic mass is 16.5. The molecule has 0 aliphatic heterocycles. The third-order valence-corrected chi connectivity index (χ3v) is 2.28. The highest BCUT2D eigenvalue weighted by Gasteiger charge is 2.16. The van der Waals surface area contributed by atoms with Gasteiger partial charge in [-0.3, -0.25) is 4.79 Å². The van der Waals surface area contributed by atoms with Crippen molar-refractivity contribution in [1.29, 1.82) is 0 Å². The number of aliphatic hydroxyl groups is 2. The van der Waals surface area contributed by atoms with E-state index in [0.29, 0.717) is 6.61 Å². The van der Waals surface area contributed by atoms with Gasteiger partial charge < -0.3 is 14.9 Å². The molecule has 0 aromatic rings. The van der Waals surface area contributed by atoms with Crippen LogP contribution in [-0.4, -0.2) is 35.5 Å². The van der Waals surface area contributed by atoms with Gasteiger partial charge in [-0.05, 0) is 26.7 Å². The lowest BCUT2D eigenvalue weighted by molar-refractivity contribution is -0.148. The molecule has 0 fully saturated rings. The Balaban J connectivity index is 0. The molecule has 4 heteroatoms. The maximum Gasteiger partial charge on any atom is 0.308 e. The molecule has 0 aromatic heterocycles. The molecule has 17 heavy (non-hydrogen) atoms. The van der Waals surface area contributed by atoms with E-state index in [1.54, 1.807) is 0 Å². The lowest BCUT2D eigenvalue weighted by Gasteiger charge is -2.12. The van der Waals surface area contributed by atoms with E-state index < -0.39 is 6.10 Å². The average molecular weight is 248 g/mol. The molecule has 0 spiro atoms. The molecule has 104 valence electrons. The summed E-state index contributed by atoms with van der Waals surface area (Å²) in [6, 6.07) is 0. The fourth-order valence-corrected chi connectivity index (χ4v) is 1.20. The lowest BCUT2D eigenvalue weighted by Crippen LogP contribution is -2.16. The number of carbonyl (C=O) groups excluding carboxylic acids is 1. The summed E-state index contributed by atoms with van der Waals surface area (Å²) in [7, 11) is 0. The van der Waals surface area contributed by atoms with E-state index in [0.717, 1.165) is 25.7 Å². The summed E-state index contributed by atoms with van der Waals surface area (Å²) in [4.78, 5) is 11.3. The molecule has 0 aliphatic rings. The smallest absolute Gasteiger partial charge is 0.308 e. The SMILES string of the molecule is CC(O)CO.CCCCC(CC)C(=O)OCC. The van der Waals surface area contributed by atoms with Crippen molar-refractivity contribution in [3.63, 3.8) is 0 Å². The molecule has 2 atom stereocenters. The van der Waals surface area contributed by atoms with E-state index in [4.69, 9.17) is 14.9 Å². The Bertz CT molecular complexity index is 169. The Morgan fingerprint density at radius 1 is 1.29 bits per heavy atom. The standard InChI is InChI=1S/C10H20O2.C3H8O2/c1-4-7-8-9(5-2)10(11)12-6-3;1-3(5)2-4/h9H,4-8H2,1-3H3;3-5H,2H2,1H3. The van der Waals surface area contributed by atoms with Gasteiger partial charge in [0.1, 0.15) is 0 Å². The minimum atomic E-state index is -0.560. The van der Waals surface area contributed by atoms with Crippen molar-refractivity contribution in [1.82, 2.24) is 0 Å². The maximum absolute atomic E-state index is 11.3. The molecule has 0 saturated heterocycles. The van der Waals surface area contributed by atoms with Gasteiger partial charge in [0.2, 0.25) is 0 Å². The quantitative estimate of drug-likeness (QED) is 0.677. The van der Waals surface area contributed by atoms with Crippen LogP contribution in [0, 0.1) is 5.92 Å². The molecule has 0 amide bonds. The normalized spacial score (nSPS) is 13.3. The molecule has 2 N–H and O–H groups in total. The minimum absolute atomic E-state index is 0.0200. The van der Waals surface area contributed by atoms with E-state index in [1.165, 1.54) is 6.92 Å². The van der Waals surface area contributed by atoms with Gasteiger partial charge in [-0.15, -0.1) is 0 Å². The van der Waals surface area contributed by atoms with E-state index in [9.17, 15) is 4.79 Å². The Hall–Kier alpha value is -0.610. The number of hydrogen-bond acceptors (Lipinski definition) is 4. The van der Waals surface area contributed by atoms with Gasteiger partial charge in [0.25, 0.3) is 0 Å². The summed E-state index contributed by atoms with van der Waals surface area (Å²) in [5, 5.41) is 16.0. The van der Waals surface area contributed by atoms with Gasteiger partial charge >= 0.3 is 5.97 Å². The van der Waals surface area contributed by atoms with Crippen molar-refractivity contribution < 1.29 is 19.7 Å². The van der Waals surface area contributed by atoms with Gasteiger partial charge in [-0.2, -0.15) is 0 Å².